The second-order valence-corrected chi connectivity index (χ2v) is 7.91. The summed E-state index contributed by atoms with van der Waals surface area (Å²) in [5.74, 6) is 0.696. The van der Waals surface area contributed by atoms with Crippen LogP contribution in [-0.4, -0.2) is 16.8 Å². The Kier molecular flexibility index (Phi) is 6.19. The number of nitrogens with zero attached hydrogens (tertiary/aromatic N) is 1. The summed E-state index contributed by atoms with van der Waals surface area (Å²) in [6.45, 7) is 0. The Morgan fingerprint density at radius 3 is 2.65 bits per heavy atom. The van der Waals surface area contributed by atoms with Gasteiger partial charge >= 0.3 is 0 Å². The van der Waals surface area contributed by atoms with E-state index in [0.717, 1.165) is 9.35 Å². The van der Waals surface area contributed by atoms with Crippen LogP contribution >= 0.6 is 27.3 Å². The van der Waals surface area contributed by atoms with Crippen LogP contribution in [0.15, 0.2) is 56.9 Å². The minimum absolute atomic E-state index is 0.260. The van der Waals surface area contributed by atoms with Crippen LogP contribution in [0.1, 0.15) is 28.4 Å². The van der Waals surface area contributed by atoms with E-state index in [4.69, 9.17) is 4.42 Å². The Morgan fingerprint density at radius 2 is 1.92 bits per heavy atom. The van der Waals surface area contributed by atoms with Crippen molar-refractivity contribution in [3.63, 3.8) is 0 Å². The van der Waals surface area contributed by atoms with Crippen LogP contribution in [-0.2, 0) is 11.2 Å². The molecule has 0 aliphatic heterocycles. The fourth-order valence-electron chi connectivity index (χ4n) is 2.25. The molecule has 0 saturated heterocycles. The van der Waals surface area contributed by atoms with E-state index in [1.807, 2.05) is 30.3 Å². The van der Waals surface area contributed by atoms with Gasteiger partial charge in [-0.1, -0.05) is 30.3 Å². The van der Waals surface area contributed by atoms with Crippen molar-refractivity contribution in [3.05, 3.63) is 63.2 Å². The molecule has 134 valence electrons. The molecule has 26 heavy (non-hydrogen) atoms. The molecule has 3 rings (SSSR count). The molecule has 6 nitrogen and oxygen atoms in total. The summed E-state index contributed by atoms with van der Waals surface area (Å²) in [6.07, 6.45) is 3.06. The molecule has 2 heterocycles. The summed E-state index contributed by atoms with van der Waals surface area (Å²) in [7, 11) is 0. The largest absolute Gasteiger partial charge is 0.441 e. The maximum atomic E-state index is 11.8. The minimum Gasteiger partial charge on any atom is -0.441 e. The van der Waals surface area contributed by atoms with E-state index in [1.165, 1.54) is 11.3 Å². The summed E-state index contributed by atoms with van der Waals surface area (Å²) in [4.78, 5) is 28.4. The number of rotatable bonds is 6. The van der Waals surface area contributed by atoms with E-state index in [0.29, 0.717) is 29.4 Å². The number of hydrazine groups is 1. The zero-order chi connectivity index (χ0) is 18.4. The van der Waals surface area contributed by atoms with E-state index in [1.54, 1.807) is 18.3 Å². The summed E-state index contributed by atoms with van der Waals surface area (Å²) in [6, 6.07) is 13.2. The predicted octanol–water partition coefficient (Wildman–Crippen LogP) is 3.95. The van der Waals surface area contributed by atoms with Crippen molar-refractivity contribution < 1.29 is 14.0 Å². The lowest BCUT2D eigenvalue weighted by molar-refractivity contribution is -0.121. The number of aryl methyl sites for hydroxylation is 1. The molecule has 0 unspecified atom stereocenters. The molecule has 0 atom stereocenters. The fourth-order valence-corrected chi connectivity index (χ4v) is 3.53. The van der Waals surface area contributed by atoms with E-state index in [-0.39, 0.29) is 18.2 Å². The third-order valence-electron chi connectivity index (χ3n) is 3.52. The van der Waals surface area contributed by atoms with Crippen molar-refractivity contribution in [3.8, 4) is 11.3 Å². The normalized spacial score (nSPS) is 10.5. The highest BCUT2D eigenvalue weighted by Gasteiger charge is 2.11. The minimum atomic E-state index is -0.339. The highest BCUT2D eigenvalue weighted by atomic mass is 79.9. The number of carbonyl (C=O) groups is 2. The second kappa shape index (κ2) is 8.77. The van der Waals surface area contributed by atoms with Gasteiger partial charge in [-0.3, -0.25) is 20.4 Å². The standard InChI is InChI=1S/C18H16BrN3O3S/c19-15-10-9-14(26-15)18(24)22-21-16(23)7-4-8-17-20-11-13(25-17)12-5-2-1-3-6-12/h1-3,5-6,9-11H,4,7-8H2,(H,21,23)(H,22,24). The first-order valence-corrected chi connectivity index (χ1v) is 9.57. The van der Waals surface area contributed by atoms with E-state index in [9.17, 15) is 9.59 Å². The second-order valence-electron chi connectivity index (χ2n) is 5.44. The average molecular weight is 434 g/mol. The molecule has 2 aromatic heterocycles. The Balaban J connectivity index is 1.40. The molecule has 0 aliphatic carbocycles. The number of nitrogens with one attached hydrogen (secondary N) is 2. The van der Waals surface area contributed by atoms with E-state index < -0.39 is 0 Å². The first kappa shape index (κ1) is 18.3. The quantitative estimate of drug-likeness (QED) is 0.576. The number of amides is 2. The van der Waals surface area contributed by atoms with Crippen molar-refractivity contribution in [1.82, 2.24) is 15.8 Å². The van der Waals surface area contributed by atoms with Gasteiger partial charge in [0.15, 0.2) is 11.7 Å². The Bertz CT molecular complexity index is 892. The van der Waals surface area contributed by atoms with Crippen LogP contribution in [0.4, 0.5) is 0 Å². The van der Waals surface area contributed by atoms with Gasteiger partial charge in [0.1, 0.15) is 0 Å². The maximum absolute atomic E-state index is 11.8. The molecule has 8 heteroatoms. The van der Waals surface area contributed by atoms with Crippen molar-refractivity contribution in [1.29, 1.82) is 0 Å². The predicted molar refractivity (Wildman–Crippen MR) is 103 cm³/mol. The van der Waals surface area contributed by atoms with Crippen LogP contribution in [0.2, 0.25) is 0 Å². The highest BCUT2D eigenvalue weighted by molar-refractivity contribution is 9.11. The number of aromatic nitrogens is 1. The lowest BCUT2D eigenvalue weighted by Gasteiger charge is -2.05. The van der Waals surface area contributed by atoms with Gasteiger partial charge < -0.3 is 4.42 Å². The maximum Gasteiger partial charge on any atom is 0.279 e. The lowest BCUT2D eigenvalue weighted by atomic mass is 10.2. The molecule has 1 aromatic carbocycles. The molecule has 0 bridgehead atoms. The van der Waals surface area contributed by atoms with Gasteiger partial charge in [0.2, 0.25) is 5.91 Å². The van der Waals surface area contributed by atoms with Crippen LogP contribution in [0.5, 0.6) is 0 Å². The molecule has 0 saturated carbocycles. The van der Waals surface area contributed by atoms with Crippen LogP contribution in [0.25, 0.3) is 11.3 Å². The zero-order valence-electron chi connectivity index (χ0n) is 13.7. The van der Waals surface area contributed by atoms with Gasteiger partial charge in [-0.2, -0.15) is 0 Å². The molecule has 0 radical (unpaired) electrons. The summed E-state index contributed by atoms with van der Waals surface area (Å²) >= 11 is 4.59. The highest BCUT2D eigenvalue weighted by Crippen LogP contribution is 2.22. The third-order valence-corrected chi connectivity index (χ3v) is 5.14. The number of hydrogen-bond acceptors (Lipinski definition) is 5. The van der Waals surface area contributed by atoms with Gasteiger partial charge in [0.05, 0.1) is 14.9 Å². The number of thiophene rings is 1. The third kappa shape index (κ3) is 5.03. The van der Waals surface area contributed by atoms with E-state index >= 15 is 0 Å². The van der Waals surface area contributed by atoms with Crippen molar-refractivity contribution in [2.24, 2.45) is 0 Å². The SMILES string of the molecule is O=C(CCCc1ncc(-c2ccccc2)o1)NNC(=O)c1ccc(Br)s1. The van der Waals surface area contributed by atoms with Gasteiger partial charge in [-0.05, 0) is 34.5 Å². The monoisotopic (exact) mass is 433 g/mol. The summed E-state index contributed by atoms with van der Waals surface area (Å²) < 4.78 is 6.55. The number of carbonyl (C=O) groups excluding carboxylic acids is 2. The van der Waals surface area contributed by atoms with Gasteiger partial charge in [0, 0.05) is 18.4 Å². The van der Waals surface area contributed by atoms with Crippen LogP contribution < -0.4 is 10.9 Å². The van der Waals surface area contributed by atoms with Gasteiger partial charge in [-0.25, -0.2) is 4.98 Å². The Morgan fingerprint density at radius 1 is 1.12 bits per heavy atom. The number of hydrogen-bond donors (Lipinski definition) is 2. The molecule has 0 fully saturated rings. The number of halogens is 1. The molecule has 0 aliphatic rings. The van der Waals surface area contributed by atoms with Gasteiger partial charge in [0.25, 0.3) is 5.91 Å². The molecule has 2 amide bonds. The summed E-state index contributed by atoms with van der Waals surface area (Å²) in [5.41, 5.74) is 5.77. The van der Waals surface area contributed by atoms with Crippen molar-refractivity contribution in [2.45, 2.75) is 19.3 Å². The number of benzene rings is 1. The van der Waals surface area contributed by atoms with Gasteiger partial charge in [-0.15, -0.1) is 11.3 Å². The topological polar surface area (TPSA) is 84.2 Å². The van der Waals surface area contributed by atoms with Crippen LogP contribution in [0.3, 0.4) is 0 Å². The van der Waals surface area contributed by atoms with Crippen molar-refractivity contribution in [2.75, 3.05) is 0 Å². The van der Waals surface area contributed by atoms with Crippen molar-refractivity contribution >= 4 is 39.1 Å². The number of oxazole rings is 1. The van der Waals surface area contributed by atoms with E-state index in [2.05, 4.69) is 31.8 Å². The molecule has 3 aromatic rings. The lowest BCUT2D eigenvalue weighted by Crippen LogP contribution is -2.41. The average Bonchev–Trinajstić information content (AvgIpc) is 3.30. The molecular weight excluding hydrogens is 418 g/mol. The zero-order valence-corrected chi connectivity index (χ0v) is 16.1. The molecule has 0 spiro atoms. The molecular formula is C18H16BrN3O3S. The smallest absolute Gasteiger partial charge is 0.279 e. The Hall–Kier alpha value is -2.45. The first-order valence-electron chi connectivity index (χ1n) is 7.96. The van der Waals surface area contributed by atoms with Crippen LogP contribution in [0, 0.1) is 0 Å². The first-order chi connectivity index (χ1) is 12.6. The molecule has 2 N–H and O–H groups in total. The summed E-state index contributed by atoms with van der Waals surface area (Å²) in [5, 5.41) is 0. The fraction of sp³-hybridized carbons (Fsp3) is 0.167. The Labute approximate surface area is 162 Å².